The van der Waals surface area contributed by atoms with Crippen LogP contribution >= 0.6 is 11.6 Å². The minimum Gasteiger partial charge on any atom is -0.415 e. The molecule has 3 aromatic rings. The Morgan fingerprint density at radius 1 is 1.03 bits per heavy atom. The number of hydrogen-bond acceptors (Lipinski definition) is 7. The van der Waals surface area contributed by atoms with E-state index in [1.54, 1.807) is 30.6 Å². The molecule has 1 aliphatic rings. The van der Waals surface area contributed by atoms with Gasteiger partial charge in [0.2, 0.25) is 5.88 Å². The molecule has 1 fully saturated rings. The number of anilines is 2. The zero-order valence-electron chi connectivity index (χ0n) is 16.2. The lowest BCUT2D eigenvalue weighted by molar-refractivity contribution is -0.0530. The molecule has 1 aliphatic carbocycles. The van der Waals surface area contributed by atoms with Crippen LogP contribution in [-0.4, -0.2) is 38.2 Å². The Balaban J connectivity index is 1.32. The molecule has 0 radical (unpaired) electrons. The summed E-state index contributed by atoms with van der Waals surface area (Å²) in [6, 6.07) is 7.24. The third kappa shape index (κ3) is 5.26. The van der Waals surface area contributed by atoms with Crippen molar-refractivity contribution in [2.24, 2.45) is 0 Å². The maximum atomic E-state index is 12.2. The van der Waals surface area contributed by atoms with Crippen LogP contribution < -0.4 is 20.9 Å². The Kier molecular flexibility index (Phi) is 6.26. The maximum Gasteiger partial charge on any atom is 0.388 e. The van der Waals surface area contributed by atoms with Crippen molar-refractivity contribution in [1.29, 1.82) is 0 Å². The summed E-state index contributed by atoms with van der Waals surface area (Å²) in [7, 11) is 0. The van der Waals surface area contributed by atoms with Crippen LogP contribution in [-0.2, 0) is 0 Å². The average Bonchev–Trinajstić information content (AvgIpc) is 3.18. The molecule has 8 nitrogen and oxygen atoms in total. The first-order valence-electron chi connectivity index (χ1n) is 9.61. The average molecular weight is 449 g/mol. The lowest BCUT2D eigenvalue weighted by Gasteiger charge is -2.16. The quantitative estimate of drug-likeness (QED) is 0.568. The highest BCUT2D eigenvalue weighted by Gasteiger charge is 2.25. The topological polar surface area (TPSA) is 94.0 Å². The molecule has 31 heavy (non-hydrogen) atoms. The van der Waals surface area contributed by atoms with Crippen LogP contribution in [0.4, 0.5) is 20.4 Å². The fourth-order valence-electron chi connectivity index (χ4n) is 3.49. The van der Waals surface area contributed by atoms with Gasteiger partial charge in [-0.25, -0.2) is 15.0 Å². The van der Waals surface area contributed by atoms with Crippen LogP contribution in [0, 0.1) is 0 Å². The van der Waals surface area contributed by atoms with Gasteiger partial charge < -0.3 is 15.4 Å². The molecular weight excluding hydrogens is 430 g/mol. The SMILES string of the molecule is O=c1c(Cl)cccn1-c1ccc(N[C@H]2CC[C@H](Nc3cnc(OC(F)F)cn3)C2)nc1. The van der Waals surface area contributed by atoms with E-state index < -0.39 is 6.61 Å². The van der Waals surface area contributed by atoms with Crippen LogP contribution in [0.15, 0.2) is 53.8 Å². The van der Waals surface area contributed by atoms with Crippen LogP contribution in [0.2, 0.25) is 5.02 Å². The minimum absolute atomic E-state index is 0.148. The highest BCUT2D eigenvalue weighted by atomic mass is 35.5. The van der Waals surface area contributed by atoms with E-state index in [1.807, 2.05) is 6.07 Å². The monoisotopic (exact) mass is 448 g/mol. The van der Waals surface area contributed by atoms with Gasteiger partial charge in [0.25, 0.3) is 5.56 Å². The molecule has 2 atom stereocenters. The highest BCUT2D eigenvalue weighted by Crippen LogP contribution is 2.25. The molecule has 0 saturated heterocycles. The van der Waals surface area contributed by atoms with Gasteiger partial charge in [-0.1, -0.05) is 11.6 Å². The molecule has 11 heteroatoms. The van der Waals surface area contributed by atoms with E-state index in [-0.39, 0.29) is 28.5 Å². The number of aromatic nitrogens is 4. The van der Waals surface area contributed by atoms with Gasteiger partial charge in [-0.3, -0.25) is 9.36 Å². The molecule has 0 bridgehead atoms. The number of halogens is 3. The molecule has 4 rings (SSSR count). The summed E-state index contributed by atoms with van der Waals surface area (Å²) in [4.78, 5) is 24.4. The van der Waals surface area contributed by atoms with Crippen LogP contribution in [0.1, 0.15) is 19.3 Å². The van der Waals surface area contributed by atoms with Crippen LogP contribution in [0.3, 0.4) is 0 Å². The predicted octanol–water partition coefficient (Wildman–Crippen LogP) is 3.72. The number of nitrogens with zero attached hydrogens (tertiary/aromatic N) is 4. The van der Waals surface area contributed by atoms with Gasteiger partial charge in [0.05, 0.1) is 24.3 Å². The lowest BCUT2D eigenvalue weighted by atomic mass is 10.2. The summed E-state index contributed by atoms with van der Waals surface area (Å²) in [5.74, 6) is 0.987. The molecule has 3 aromatic heterocycles. The van der Waals surface area contributed by atoms with Crippen molar-refractivity contribution in [3.8, 4) is 11.6 Å². The van der Waals surface area contributed by atoms with Crippen molar-refractivity contribution >= 4 is 23.2 Å². The maximum absolute atomic E-state index is 12.2. The second-order valence-electron chi connectivity index (χ2n) is 7.05. The summed E-state index contributed by atoms with van der Waals surface area (Å²) in [5, 5.41) is 6.79. The zero-order valence-corrected chi connectivity index (χ0v) is 17.0. The highest BCUT2D eigenvalue weighted by molar-refractivity contribution is 6.30. The van der Waals surface area contributed by atoms with Gasteiger partial charge in [0.1, 0.15) is 16.7 Å². The van der Waals surface area contributed by atoms with Crippen LogP contribution in [0.25, 0.3) is 5.69 Å². The lowest BCUT2D eigenvalue weighted by Crippen LogP contribution is -2.22. The Labute approximate surface area is 181 Å². The Hall–Kier alpha value is -3.27. The van der Waals surface area contributed by atoms with Crippen molar-refractivity contribution in [1.82, 2.24) is 19.5 Å². The van der Waals surface area contributed by atoms with E-state index in [1.165, 1.54) is 10.8 Å². The first kappa shape index (κ1) is 21.0. The zero-order chi connectivity index (χ0) is 21.8. The number of hydrogen-bond donors (Lipinski definition) is 2. The van der Waals surface area contributed by atoms with Gasteiger partial charge in [0, 0.05) is 18.3 Å². The second-order valence-corrected chi connectivity index (χ2v) is 7.45. The number of nitrogens with one attached hydrogen (secondary N) is 2. The van der Waals surface area contributed by atoms with Gasteiger partial charge in [-0.2, -0.15) is 8.78 Å². The Bertz CT molecular complexity index is 1080. The van der Waals surface area contributed by atoms with E-state index in [2.05, 4.69) is 30.3 Å². The van der Waals surface area contributed by atoms with Crippen molar-refractivity contribution in [2.75, 3.05) is 10.6 Å². The Morgan fingerprint density at radius 2 is 1.77 bits per heavy atom. The number of rotatable bonds is 7. The molecule has 0 amide bonds. The van der Waals surface area contributed by atoms with E-state index >= 15 is 0 Å². The molecule has 0 aromatic carbocycles. The molecule has 0 aliphatic heterocycles. The molecular formula is C20H19ClF2N6O2. The second kappa shape index (κ2) is 9.25. The summed E-state index contributed by atoms with van der Waals surface area (Å²) in [6.45, 7) is -2.93. The summed E-state index contributed by atoms with van der Waals surface area (Å²) >= 11 is 5.89. The number of ether oxygens (including phenoxy) is 1. The van der Waals surface area contributed by atoms with Crippen molar-refractivity contribution in [3.63, 3.8) is 0 Å². The largest absolute Gasteiger partial charge is 0.415 e. The summed E-state index contributed by atoms with van der Waals surface area (Å²) in [6.07, 6.45) is 8.45. The number of pyridine rings is 2. The third-order valence-corrected chi connectivity index (χ3v) is 5.19. The Morgan fingerprint density at radius 3 is 2.42 bits per heavy atom. The smallest absolute Gasteiger partial charge is 0.388 e. The van der Waals surface area contributed by atoms with E-state index in [9.17, 15) is 13.6 Å². The number of alkyl halides is 2. The van der Waals surface area contributed by atoms with Gasteiger partial charge in [-0.15, -0.1) is 0 Å². The van der Waals surface area contributed by atoms with E-state index in [4.69, 9.17) is 11.6 Å². The van der Waals surface area contributed by atoms with E-state index in [0.717, 1.165) is 25.5 Å². The van der Waals surface area contributed by atoms with Gasteiger partial charge in [0.15, 0.2) is 0 Å². The van der Waals surface area contributed by atoms with Crippen molar-refractivity contribution < 1.29 is 13.5 Å². The standard InChI is InChI=1S/C20H19ClF2N6O2/c21-15-2-1-7-29(19(15)30)14-5-6-16(24-9-14)27-12-3-4-13(8-12)28-17-10-26-18(11-25-17)31-20(22)23/h1-2,5-7,9-13,20H,3-4,8H2,(H,24,27)(H,25,28)/t12-,13-/m0/s1. The third-order valence-electron chi connectivity index (χ3n) is 4.90. The molecule has 2 N–H and O–H groups in total. The normalized spacial score (nSPS) is 18.2. The summed E-state index contributed by atoms with van der Waals surface area (Å²) < 4.78 is 30.0. The van der Waals surface area contributed by atoms with Gasteiger partial charge >= 0.3 is 6.61 Å². The summed E-state index contributed by atoms with van der Waals surface area (Å²) in [5.41, 5.74) is 0.329. The van der Waals surface area contributed by atoms with E-state index in [0.29, 0.717) is 17.3 Å². The predicted molar refractivity (Wildman–Crippen MR) is 112 cm³/mol. The first-order valence-corrected chi connectivity index (χ1v) is 9.99. The molecule has 1 saturated carbocycles. The fourth-order valence-corrected chi connectivity index (χ4v) is 3.65. The van der Waals surface area contributed by atoms with Crippen LogP contribution in [0.5, 0.6) is 5.88 Å². The minimum atomic E-state index is -2.93. The van der Waals surface area contributed by atoms with Gasteiger partial charge in [-0.05, 0) is 43.5 Å². The van der Waals surface area contributed by atoms with Crippen molar-refractivity contribution in [3.05, 3.63) is 64.4 Å². The fraction of sp³-hybridized carbons (Fsp3) is 0.300. The molecule has 0 spiro atoms. The molecule has 3 heterocycles. The molecule has 0 unspecified atom stereocenters. The first-order chi connectivity index (χ1) is 15.0. The molecule has 162 valence electrons. The van der Waals surface area contributed by atoms with Crippen molar-refractivity contribution in [2.45, 2.75) is 38.0 Å².